The number of esters is 1. The van der Waals surface area contributed by atoms with Gasteiger partial charge in [-0.3, -0.25) is 4.79 Å². The zero-order valence-corrected chi connectivity index (χ0v) is 13.8. The number of hydrogen-bond donors (Lipinski definition) is 0. The maximum atomic E-state index is 11.8. The van der Waals surface area contributed by atoms with Gasteiger partial charge in [0, 0.05) is 5.56 Å². The van der Waals surface area contributed by atoms with E-state index in [4.69, 9.17) is 4.74 Å². The van der Waals surface area contributed by atoms with Crippen LogP contribution in [0.25, 0.3) is 0 Å². The minimum absolute atomic E-state index is 0.0390. The van der Waals surface area contributed by atoms with Gasteiger partial charge in [0.15, 0.2) is 0 Å². The molecule has 1 atom stereocenters. The predicted octanol–water partition coefficient (Wildman–Crippen LogP) is 4.69. The lowest BCUT2D eigenvalue weighted by Crippen LogP contribution is -2.25. The highest BCUT2D eigenvalue weighted by atomic mass is 16.5. The number of hydrogen-bond acceptors (Lipinski definition) is 2. The lowest BCUT2D eigenvalue weighted by atomic mass is 9.76. The monoisotopic (exact) mass is 274 g/mol. The van der Waals surface area contributed by atoms with Crippen LogP contribution in [-0.2, 0) is 15.6 Å². The third-order valence-corrected chi connectivity index (χ3v) is 4.01. The summed E-state index contributed by atoms with van der Waals surface area (Å²) in [5.74, 6) is 0.919. The van der Waals surface area contributed by atoms with Crippen LogP contribution in [0.3, 0.4) is 0 Å². The smallest absolute Gasteiger partial charge is 0.311 e. The highest BCUT2D eigenvalue weighted by Gasteiger charge is 2.32. The van der Waals surface area contributed by atoms with E-state index >= 15 is 0 Å². The van der Waals surface area contributed by atoms with Crippen molar-refractivity contribution in [3.05, 3.63) is 28.8 Å². The summed E-state index contributed by atoms with van der Waals surface area (Å²) in [4.78, 5) is 11.8. The zero-order valence-electron chi connectivity index (χ0n) is 13.8. The van der Waals surface area contributed by atoms with Gasteiger partial charge < -0.3 is 4.74 Å². The predicted molar refractivity (Wildman–Crippen MR) is 82.5 cm³/mol. The van der Waals surface area contributed by atoms with E-state index in [1.165, 1.54) is 11.1 Å². The van der Waals surface area contributed by atoms with E-state index in [0.717, 1.165) is 11.3 Å². The van der Waals surface area contributed by atoms with Gasteiger partial charge in [-0.05, 0) is 27.9 Å². The van der Waals surface area contributed by atoms with Crippen molar-refractivity contribution in [2.75, 3.05) is 0 Å². The maximum absolute atomic E-state index is 11.8. The molecule has 110 valence electrons. The second-order valence-corrected chi connectivity index (χ2v) is 8.02. The normalized spacial score (nSPS) is 19.6. The number of fused-ring (bicyclic) bond motifs is 1. The van der Waals surface area contributed by atoms with Gasteiger partial charge in [0.25, 0.3) is 0 Å². The fourth-order valence-corrected chi connectivity index (χ4v) is 2.64. The summed E-state index contributed by atoms with van der Waals surface area (Å²) < 4.78 is 5.59. The average molecular weight is 274 g/mol. The fraction of sp³-hybridized carbons (Fsp3) is 0.611. The van der Waals surface area contributed by atoms with Crippen LogP contribution in [0.15, 0.2) is 12.1 Å². The van der Waals surface area contributed by atoms with Crippen LogP contribution in [0, 0.1) is 0 Å². The minimum atomic E-state index is -0.112. The fourth-order valence-electron chi connectivity index (χ4n) is 2.64. The van der Waals surface area contributed by atoms with E-state index in [9.17, 15) is 4.79 Å². The van der Waals surface area contributed by atoms with Crippen LogP contribution in [0.1, 0.15) is 77.5 Å². The SMILES string of the molecule is C[C@H]1CC(=O)Oc2c1cc(C(C)(C)C)cc2C(C)(C)C. The number of benzene rings is 1. The highest BCUT2D eigenvalue weighted by Crippen LogP contribution is 2.44. The van der Waals surface area contributed by atoms with Gasteiger partial charge in [0.1, 0.15) is 5.75 Å². The van der Waals surface area contributed by atoms with Crippen molar-refractivity contribution in [1.29, 1.82) is 0 Å². The Bertz CT molecular complexity index is 542. The van der Waals surface area contributed by atoms with Crippen LogP contribution in [-0.4, -0.2) is 5.97 Å². The molecule has 0 aromatic heterocycles. The lowest BCUT2D eigenvalue weighted by molar-refractivity contribution is -0.135. The molecule has 2 heteroatoms. The van der Waals surface area contributed by atoms with Gasteiger partial charge >= 0.3 is 5.97 Å². The first-order valence-electron chi connectivity index (χ1n) is 7.39. The highest BCUT2D eigenvalue weighted by molar-refractivity contribution is 5.77. The van der Waals surface area contributed by atoms with Gasteiger partial charge in [-0.15, -0.1) is 0 Å². The third-order valence-electron chi connectivity index (χ3n) is 4.01. The van der Waals surface area contributed by atoms with Gasteiger partial charge in [-0.25, -0.2) is 0 Å². The standard InChI is InChI=1S/C18H26O2/c1-11-8-15(19)20-16-13(11)9-12(17(2,3)4)10-14(16)18(5,6)7/h9-11H,8H2,1-7H3/t11-/m0/s1. The molecule has 0 aliphatic carbocycles. The summed E-state index contributed by atoms with van der Waals surface area (Å²) in [6.45, 7) is 15.3. The van der Waals surface area contributed by atoms with Crippen LogP contribution in [0.5, 0.6) is 5.75 Å². The molecule has 0 radical (unpaired) electrons. The molecule has 1 aromatic rings. The topological polar surface area (TPSA) is 26.3 Å². The Morgan fingerprint density at radius 1 is 1.05 bits per heavy atom. The molecule has 1 aliphatic rings. The molecule has 0 saturated carbocycles. The second kappa shape index (κ2) is 4.61. The molecule has 0 saturated heterocycles. The van der Waals surface area contributed by atoms with Gasteiger partial charge in [-0.1, -0.05) is 60.6 Å². The molecule has 20 heavy (non-hydrogen) atoms. The van der Waals surface area contributed by atoms with E-state index in [1.54, 1.807) is 0 Å². The maximum Gasteiger partial charge on any atom is 0.311 e. The summed E-state index contributed by atoms with van der Waals surface area (Å²) >= 11 is 0. The number of carbonyl (C=O) groups excluding carboxylic acids is 1. The van der Waals surface area contributed by atoms with E-state index in [0.29, 0.717) is 6.42 Å². The molecule has 0 fully saturated rings. The van der Waals surface area contributed by atoms with Crippen LogP contribution >= 0.6 is 0 Å². The van der Waals surface area contributed by atoms with E-state index < -0.39 is 0 Å². The molecule has 0 bridgehead atoms. The first-order valence-corrected chi connectivity index (χ1v) is 7.39. The molecule has 1 heterocycles. The van der Waals surface area contributed by atoms with Gasteiger partial charge in [-0.2, -0.15) is 0 Å². The van der Waals surface area contributed by atoms with Crippen molar-refractivity contribution in [2.24, 2.45) is 0 Å². The van der Waals surface area contributed by atoms with Crippen LogP contribution in [0.4, 0.5) is 0 Å². The Hall–Kier alpha value is -1.31. The average Bonchev–Trinajstić information content (AvgIpc) is 2.24. The Labute approximate surface area is 122 Å². The zero-order chi connectivity index (χ0) is 15.3. The van der Waals surface area contributed by atoms with Crippen molar-refractivity contribution in [3.63, 3.8) is 0 Å². The van der Waals surface area contributed by atoms with Crippen LogP contribution in [0.2, 0.25) is 0 Å². The Morgan fingerprint density at radius 3 is 2.15 bits per heavy atom. The molecule has 2 rings (SSSR count). The first kappa shape index (κ1) is 15.1. The second-order valence-electron chi connectivity index (χ2n) is 8.02. The Kier molecular flexibility index (Phi) is 3.48. The molecular weight excluding hydrogens is 248 g/mol. The quantitative estimate of drug-likeness (QED) is 0.506. The largest absolute Gasteiger partial charge is 0.426 e. The molecule has 0 N–H and O–H groups in total. The lowest BCUT2D eigenvalue weighted by Gasteiger charge is -2.32. The summed E-state index contributed by atoms with van der Waals surface area (Å²) in [5, 5.41) is 0. The Morgan fingerprint density at radius 2 is 1.65 bits per heavy atom. The molecule has 1 aromatic carbocycles. The molecule has 0 spiro atoms. The summed E-state index contributed by atoms with van der Waals surface area (Å²) in [7, 11) is 0. The summed E-state index contributed by atoms with van der Waals surface area (Å²) in [5.41, 5.74) is 3.69. The van der Waals surface area contributed by atoms with E-state index in [2.05, 4.69) is 60.6 Å². The number of rotatable bonds is 0. The van der Waals surface area contributed by atoms with Crippen molar-refractivity contribution >= 4 is 5.97 Å². The number of carbonyl (C=O) groups is 1. The third kappa shape index (κ3) is 2.74. The number of ether oxygens (including phenoxy) is 1. The van der Waals surface area contributed by atoms with Crippen molar-refractivity contribution in [2.45, 2.75) is 71.6 Å². The molecular formula is C18H26O2. The summed E-state index contributed by atoms with van der Waals surface area (Å²) in [6, 6.07) is 4.44. The minimum Gasteiger partial charge on any atom is -0.426 e. The molecule has 1 aliphatic heterocycles. The summed E-state index contributed by atoms with van der Waals surface area (Å²) in [6.07, 6.45) is 0.476. The van der Waals surface area contributed by atoms with Crippen molar-refractivity contribution in [1.82, 2.24) is 0 Å². The van der Waals surface area contributed by atoms with Crippen molar-refractivity contribution in [3.8, 4) is 5.75 Å². The molecule has 2 nitrogen and oxygen atoms in total. The van der Waals surface area contributed by atoms with Crippen molar-refractivity contribution < 1.29 is 9.53 Å². The van der Waals surface area contributed by atoms with Gasteiger partial charge in [0.2, 0.25) is 0 Å². The molecule has 0 unspecified atom stereocenters. The first-order chi connectivity index (χ1) is 9.00. The Balaban J connectivity index is 2.72. The van der Waals surface area contributed by atoms with Gasteiger partial charge in [0.05, 0.1) is 6.42 Å². The van der Waals surface area contributed by atoms with E-state index in [-0.39, 0.29) is 22.7 Å². The molecule has 0 amide bonds. The van der Waals surface area contributed by atoms with E-state index in [1.807, 2.05) is 0 Å². The van der Waals surface area contributed by atoms with Crippen LogP contribution < -0.4 is 4.74 Å².